The van der Waals surface area contributed by atoms with Gasteiger partial charge in [0, 0.05) is 35.9 Å². The highest BCUT2D eigenvalue weighted by Crippen LogP contribution is 2.29. The molecule has 1 aliphatic rings. The summed E-state index contributed by atoms with van der Waals surface area (Å²) in [5.41, 5.74) is 4.29. The lowest BCUT2D eigenvalue weighted by Crippen LogP contribution is -2.16. The minimum absolute atomic E-state index is 0.0381. The molecular formula is C22H22N4O2S. The van der Waals surface area contributed by atoms with Gasteiger partial charge in [-0.05, 0) is 67.4 Å². The standard InChI is InChI=1S/C22H22N4O2S/c1-25(2)22(28)29-17-13-11-15(12-14-17)23-21(27)20-18-9-6-10-19(18)26(24-20)16-7-4-3-5-8-16/h3-5,7-8,11-14H,6,9-10H2,1-2H3,(H,23,27). The van der Waals surface area contributed by atoms with Crippen LogP contribution in [-0.4, -0.2) is 39.9 Å². The number of thioether (sulfide) groups is 1. The van der Waals surface area contributed by atoms with Crippen molar-refractivity contribution in [3.05, 3.63) is 71.5 Å². The Hall–Kier alpha value is -3.06. The van der Waals surface area contributed by atoms with Crippen LogP contribution in [0.1, 0.15) is 28.2 Å². The fraction of sp³-hybridized carbons (Fsp3) is 0.227. The van der Waals surface area contributed by atoms with E-state index in [-0.39, 0.29) is 11.1 Å². The second-order valence-electron chi connectivity index (χ2n) is 7.12. The number of hydrogen-bond donors (Lipinski definition) is 1. The Morgan fingerprint density at radius 3 is 2.45 bits per heavy atom. The Morgan fingerprint density at radius 2 is 1.76 bits per heavy atom. The van der Waals surface area contributed by atoms with Crippen LogP contribution in [0.15, 0.2) is 59.5 Å². The van der Waals surface area contributed by atoms with Crippen LogP contribution in [0.2, 0.25) is 0 Å². The van der Waals surface area contributed by atoms with Gasteiger partial charge in [0.15, 0.2) is 5.69 Å². The molecule has 0 radical (unpaired) electrons. The average molecular weight is 407 g/mol. The predicted octanol–water partition coefficient (Wildman–Crippen LogP) is 4.39. The summed E-state index contributed by atoms with van der Waals surface area (Å²) < 4.78 is 1.89. The first-order valence-corrected chi connectivity index (χ1v) is 10.3. The Kier molecular flexibility index (Phi) is 5.40. The number of amides is 2. The summed E-state index contributed by atoms with van der Waals surface area (Å²) in [6.07, 6.45) is 2.83. The van der Waals surface area contributed by atoms with Crippen LogP contribution < -0.4 is 5.32 Å². The van der Waals surface area contributed by atoms with Gasteiger partial charge in [-0.2, -0.15) is 5.10 Å². The normalized spacial score (nSPS) is 12.5. The molecule has 2 aromatic carbocycles. The summed E-state index contributed by atoms with van der Waals surface area (Å²) >= 11 is 1.15. The van der Waals surface area contributed by atoms with E-state index in [0.29, 0.717) is 11.4 Å². The second-order valence-corrected chi connectivity index (χ2v) is 8.14. The van der Waals surface area contributed by atoms with Gasteiger partial charge in [-0.15, -0.1) is 0 Å². The Balaban J connectivity index is 1.53. The Labute approximate surface area is 173 Å². The Bertz CT molecular complexity index is 1040. The molecule has 6 nitrogen and oxygen atoms in total. The van der Waals surface area contributed by atoms with E-state index in [1.165, 1.54) is 4.90 Å². The smallest absolute Gasteiger partial charge is 0.285 e. The number of anilines is 1. The van der Waals surface area contributed by atoms with Crippen molar-refractivity contribution in [3.63, 3.8) is 0 Å². The fourth-order valence-electron chi connectivity index (χ4n) is 3.39. The SMILES string of the molecule is CN(C)C(=O)Sc1ccc(NC(=O)c2nn(-c3ccccc3)c3c2CCC3)cc1. The Morgan fingerprint density at radius 1 is 1.03 bits per heavy atom. The number of fused-ring (bicyclic) bond motifs is 1. The second kappa shape index (κ2) is 8.13. The maximum absolute atomic E-state index is 12.9. The molecule has 0 fully saturated rings. The van der Waals surface area contributed by atoms with Crippen LogP contribution in [-0.2, 0) is 12.8 Å². The van der Waals surface area contributed by atoms with E-state index in [1.807, 2.05) is 47.1 Å². The highest BCUT2D eigenvalue weighted by Gasteiger charge is 2.27. The number of carbonyl (C=O) groups is 2. The summed E-state index contributed by atoms with van der Waals surface area (Å²) in [6, 6.07) is 17.2. The number of nitrogens with zero attached hydrogens (tertiary/aromatic N) is 3. The van der Waals surface area contributed by atoms with E-state index < -0.39 is 0 Å². The number of benzene rings is 2. The topological polar surface area (TPSA) is 67.2 Å². The molecule has 7 heteroatoms. The lowest BCUT2D eigenvalue weighted by Gasteiger charge is -2.09. The number of para-hydroxylation sites is 1. The van der Waals surface area contributed by atoms with Gasteiger partial charge in [0.25, 0.3) is 11.1 Å². The number of carbonyl (C=O) groups excluding carboxylic acids is 2. The first-order valence-electron chi connectivity index (χ1n) is 9.49. The quantitative estimate of drug-likeness (QED) is 0.653. The molecule has 0 unspecified atom stereocenters. The zero-order chi connectivity index (χ0) is 20.4. The van der Waals surface area contributed by atoms with Gasteiger partial charge in [0.1, 0.15) is 0 Å². The first kappa shape index (κ1) is 19.3. The van der Waals surface area contributed by atoms with Crippen molar-refractivity contribution in [2.45, 2.75) is 24.2 Å². The first-order chi connectivity index (χ1) is 14.0. The maximum atomic E-state index is 12.9. The molecule has 0 bridgehead atoms. The number of rotatable bonds is 4. The van der Waals surface area contributed by atoms with Gasteiger partial charge in [0.05, 0.1) is 5.69 Å². The van der Waals surface area contributed by atoms with Crippen molar-refractivity contribution in [2.75, 3.05) is 19.4 Å². The molecule has 2 amide bonds. The van der Waals surface area contributed by atoms with E-state index >= 15 is 0 Å². The largest absolute Gasteiger partial charge is 0.339 e. The number of aromatic nitrogens is 2. The monoisotopic (exact) mass is 406 g/mol. The van der Waals surface area contributed by atoms with E-state index in [2.05, 4.69) is 10.4 Å². The molecule has 29 heavy (non-hydrogen) atoms. The third kappa shape index (κ3) is 4.05. The molecule has 148 valence electrons. The minimum Gasteiger partial charge on any atom is -0.339 e. The van der Waals surface area contributed by atoms with E-state index in [4.69, 9.17) is 0 Å². The van der Waals surface area contributed by atoms with Crippen LogP contribution in [0.25, 0.3) is 5.69 Å². The summed E-state index contributed by atoms with van der Waals surface area (Å²) in [5, 5.41) is 7.52. The van der Waals surface area contributed by atoms with Gasteiger partial charge in [-0.25, -0.2) is 4.68 Å². The number of hydrogen-bond acceptors (Lipinski definition) is 4. The van der Waals surface area contributed by atoms with Crippen molar-refractivity contribution in [2.24, 2.45) is 0 Å². The molecule has 1 aliphatic carbocycles. The van der Waals surface area contributed by atoms with Gasteiger partial charge in [-0.1, -0.05) is 18.2 Å². The third-order valence-corrected chi connectivity index (χ3v) is 5.88. The lowest BCUT2D eigenvalue weighted by atomic mass is 10.2. The van der Waals surface area contributed by atoms with Crippen molar-refractivity contribution in [1.29, 1.82) is 0 Å². The molecule has 1 heterocycles. The molecule has 1 N–H and O–H groups in total. The van der Waals surface area contributed by atoms with Crippen molar-refractivity contribution < 1.29 is 9.59 Å². The molecule has 3 aromatic rings. The summed E-state index contributed by atoms with van der Waals surface area (Å²) in [4.78, 5) is 27.1. The van der Waals surface area contributed by atoms with Crippen molar-refractivity contribution in [1.82, 2.24) is 14.7 Å². The molecule has 0 saturated carbocycles. The molecule has 0 aliphatic heterocycles. The van der Waals surface area contributed by atoms with Crippen LogP contribution in [0.4, 0.5) is 10.5 Å². The van der Waals surface area contributed by atoms with E-state index in [0.717, 1.165) is 52.9 Å². The van der Waals surface area contributed by atoms with E-state index in [1.54, 1.807) is 26.2 Å². The maximum Gasteiger partial charge on any atom is 0.285 e. The fourth-order valence-corrected chi connectivity index (χ4v) is 4.05. The van der Waals surface area contributed by atoms with Gasteiger partial charge in [0.2, 0.25) is 0 Å². The van der Waals surface area contributed by atoms with Crippen LogP contribution in [0, 0.1) is 0 Å². The van der Waals surface area contributed by atoms with Crippen LogP contribution >= 0.6 is 11.8 Å². The number of nitrogens with one attached hydrogen (secondary N) is 1. The third-order valence-electron chi connectivity index (χ3n) is 4.83. The molecular weight excluding hydrogens is 384 g/mol. The molecule has 0 spiro atoms. The highest BCUT2D eigenvalue weighted by molar-refractivity contribution is 8.13. The summed E-state index contributed by atoms with van der Waals surface area (Å²) in [5.74, 6) is -0.206. The van der Waals surface area contributed by atoms with Crippen molar-refractivity contribution in [3.8, 4) is 5.69 Å². The zero-order valence-corrected chi connectivity index (χ0v) is 17.2. The molecule has 1 aromatic heterocycles. The van der Waals surface area contributed by atoms with Gasteiger partial charge in [-0.3, -0.25) is 9.59 Å². The summed E-state index contributed by atoms with van der Waals surface area (Å²) in [7, 11) is 3.44. The molecule has 0 atom stereocenters. The zero-order valence-electron chi connectivity index (χ0n) is 16.4. The van der Waals surface area contributed by atoms with Gasteiger partial charge < -0.3 is 10.2 Å². The van der Waals surface area contributed by atoms with E-state index in [9.17, 15) is 9.59 Å². The van der Waals surface area contributed by atoms with Crippen LogP contribution in [0.3, 0.4) is 0 Å². The molecule has 0 saturated heterocycles. The lowest BCUT2D eigenvalue weighted by molar-refractivity contribution is 0.102. The van der Waals surface area contributed by atoms with Gasteiger partial charge >= 0.3 is 0 Å². The predicted molar refractivity (Wildman–Crippen MR) is 115 cm³/mol. The molecule has 4 rings (SSSR count). The average Bonchev–Trinajstić information content (AvgIpc) is 3.32. The highest BCUT2D eigenvalue weighted by atomic mass is 32.2. The minimum atomic E-state index is -0.206. The van der Waals surface area contributed by atoms with Crippen LogP contribution in [0.5, 0.6) is 0 Å². The van der Waals surface area contributed by atoms with Crippen molar-refractivity contribution >= 4 is 28.6 Å². The summed E-state index contributed by atoms with van der Waals surface area (Å²) in [6.45, 7) is 0.